The Morgan fingerprint density at radius 2 is 2.00 bits per heavy atom. The second kappa shape index (κ2) is 8.53. The molecular weight excluding hydrogens is 425 g/mol. The second-order valence-corrected chi connectivity index (χ2v) is 8.54. The third-order valence-electron chi connectivity index (χ3n) is 6.89. The number of aromatic nitrogens is 2. The maximum Gasteiger partial charge on any atom is 0.311 e. The Bertz CT molecular complexity index is 1230. The van der Waals surface area contributed by atoms with Crippen molar-refractivity contribution >= 4 is 5.97 Å². The number of benzene rings is 1. The lowest BCUT2D eigenvalue weighted by molar-refractivity contribution is -0.148. The van der Waals surface area contributed by atoms with Gasteiger partial charge < -0.3 is 14.4 Å². The van der Waals surface area contributed by atoms with Gasteiger partial charge in [0.15, 0.2) is 0 Å². The summed E-state index contributed by atoms with van der Waals surface area (Å²) in [7, 11) is 1.34. The third-order valence-corrected chi connectivity index (χ3v) is 6.89. The standard InChI is InChI=1S/C25H24FN3O4/c1-33-25(32)22-19(14-30)21-13-29-20(23(22)28(21)12-15-3-2-10-27-11-15)9-8-18(24(29)31)16-4-6-17(26)7-5-16/h2-11,19,21-23,30H,12-14H2,1H3/t19-,21-,22+,23+/m0/s1. The van der Waals surface area contributed by atoms with E-state index in [1.54, 1.807) is 35.2 Å². The quantitative estimate of drug-likeness (QED) is 0.602. The van der Waals surface area contributed by atoms with Crippen molar-refractivity contribution in [3.8, 4) is 11.1 Å². The summed E-state index contributed by atoms with van der Waals surface area (Å²) in [6.45, 7) is 0.664. The van der Waals surface area contributed by atoms with Gasteiger partial charge in [-0.05, 0) is 41.5 Å². The molecule has 170 valence electrons. The van der Waals surface area contributed by atoms with Crippen LogP contribution in [0.1, 0.15) is 17.3 Å². The molecule has 2 bridgehead atoms. The number of fused-ring (bicyclic) bond motifs is 4. The van der Waals surface area contributed by atoms with Gasteiger partial charge in [-0.3, -0.25) is 19.5 Å². The number of hydrogen-bond donors (Lipinski definition) is 1. The van der Waals surface area contributed by atoms with E-state index in [1.165, 1.54) is 19.2 Å². The summed E-state index contributed by atoms with van der Waals surface area (Å²) < 4.78 is 20.2. The van der Waals surface area contributed by atoms with E-state index in [0.717, 1.165) is 5.56 Å². The molecule has 0 radical (unpaired) electrons. The predicted octanol–water partition coefficient (Wildman–Crippen LogP) is 2.39. The number of hydrogen-bond acceptors (Lipinski definition) is 6. The first kappa shape index (κ1) is 21.5. The minimum absolute atomic E-state index is 0.196. The fourth-order valence-corrected chi connectivity index (χ4v) is 5.39. The number of pyridine rings is 2. The van der Waals surface area contributed by atoms with E-state index in [9.17, 15) is 19.1 Å². The van der Waals surface area contributed by atoms with E-state index in [2.05, 4.69) is 9.88 Å². The van der Waals surface area contributed by atoms with E-state index in [1.807, 2.05) is 18.2 Å². The number of carbonyl (C=O) groups is 1. The van der Waals surface area contributed by atoms with Crippen LogP contribution in [0.3, 0.4) is 0 Å². The third kappa shape index (κ3) is 3.55. The molecule has 3 aromatic rings. The molecule has 0 amide bonds. The first-order valence-corrected chi connectivity index (χ1v) is 10.9. The fourth-order valence-electron chi connectivity index (χ4n) is 5.39. The molecule has 5 rings (SSSR count). The average molecular weight is 449 g/mol. The molecule has 1 saturated heterocycles. The number of ether oxygens (including phenoxy) is 1. The van der Waals surface area contributed by atoms with Gasteiger partial charge in [-0.15, -0.1) is 0 Å². The van der Waals surface area contributed by atoms with Gasteiger partial charge in [0, 0.05) is 55.3 Å². The van der Waals surface area contributed by atoms with Crippen molar-refractivity contribution in [2.24, 2.45) is 11.8 Å². The number of nitrogens with zero attached hydrogens (tertiary/aromatic N) is 3. The maximum atomic E-state index is 13.5. The molecule has 2 aromatic heterocycles. The molecule has 7 nitrogen and oxygen atoms in total. The Morgan fingerprint density at radius 3 is 2.67 bits per heavy atom. The van der Waals surface area contributed by atoms with E-state index in [0.29, 0.717) is 29.9 Å². The number of aliphatic hydroxyl groups is 1. The second-order valence-electron chi connectivity index (χ2n) is 8.54. The molecule has 0 aliphatic carbocycles. The highest BCUT2D eigenvalue weighted by Crippen LogP contribution is 2.49. The van der Waals surface area contributed by atoms with Crippen LogP contribution in [0.4, 0.5) is 4.39 Å². The molecular formula is C25H24FN3O4. The van der Waals surface area contributed by atoms with Crippen molar-refractivity contribution in [3.05, 3.63) is 88.4 Å². The Morgan fingerprint density at radius 1 is 1.21 bits per heavy atom. The molecule has 4 heterocycles. The predicted molar refractivity (Wildman–Crippen MR) is 118 cm³/mol. The topological polar surface area (TPSA) is 84.7 Å². The van der Waals surface area contributed by atoms with Crippen molar-refractivity contribution in [1.82, 2.24) is 14.5 Å². The zero-order valence-electron chi connectivity index (χ0n) is 18.1. The lowest BCUT2D eigenvalue weighted by atomic mass is 9.87. The monoisotopic (exact) mass is 449 g/mol. The maximum absolute atomic E-state index is 13.5. The highest BCUT2D eigenvalue weighted by atomic mass is 19.1. The molecule has 2 aliphatic rings. The summed E-state index contributed by atoms with van der Waals surface area (Å²) in [6.07, 6.45) is 3.48. The summed E-state index contributed by atoms with van der Waals surface area (Å²) in [5, 5.41) is 10.2. The molecule has 4 atom stereocenters. The van der Waals surface area contributed by atoms with Gasteiger partial charge in [0.1, 0.15) is 5.82 Å². The number of halogens is 1. The summed E-state index contributed by atoms with van der Waals surface area (Å²) in [6, 6.07) is 12.6. The first-order chi connectivity index (χ1) is 16.0. The van der Waals surface area contributed by atoms with E-state index in [4.69, 9.17) is 4.74 Å². The number of aliphatic hydroxyl groups excluding tert-OH is 1. The van der Waals surface area contributed by atoms with Crippen LogP contribution in [0.5, 0.6) is 0 Å². The lowest BCUT2D eigenvalue weighted by Gasteiger charge is -2.38. The zero-order chi connectivity index (χ0) is 23.1. The molecule has 0 unspecified atom stereocenters. The molecule has 1 fully saturated rings. The van der Waals surface area contributed by atoms with E-state index < -0.39 is 17.9 Å². The average Bonchev–Trinajstić information content (AvgIpc) is 3.04. The van der Waals surface area contributed by atoms with Crippen LogP contribution in [-0.4, -0.2) is 45.3 Å². The number of methoxy groups -OCH3 is 1. The highest BCUT2D eigenvalue weighted by molar-refractivity contribution is 5.75. The normalized spacial score (nSPS) is 23.8. The van der Waals surface area contributed by atoms with Crippen molar-refractivity contribution in [2.45, 2.75) is 25.2 Å². The molecule has 1 aromatic carbocycles. The minimum Gasteiger partial charge on any atom is -0.469 e. The molecule has 33 heavy (non-hydrogen) atoms. The lowest BCUT2D eigenvalue weighted by Crippen LogP contribution is -2.46. The largest absolute Gasteiger partial charge is 0.469 e. The highest BCUT2D eigenvalue weighted by Gasteiger charge is 2.56. The number of carbonyl (C=O) groups excluding carboxylic acids is 1. The van der Waals surface area contributed by atoms with Crippen LogP contribution in [-0.2, 0) is 22.6 Å². The van der Waals surface area contributed by atoms with Gasteiger partial charge in [0.2, 0.25) is 0 Å². The Kier molecular flexibility index (Phi) is 5.55. The van der Waals surface area contributed by atoms with Gasteiger partial charge in [0.25, 0.3) is 5.56 Å². The molecule has 1 N–H and O–H groups in total. The Labute approximate surface area is 190 Å². The van der Waals surface area contributed by atoms with Crippen molar-refractivity contribution in [3.63, 3.8) is 0 Å². The zero-order valence-corrected chi connectivity index (χ0v) is 18.1. The Hall–Kier alpha value is -3.36. The van der Waals surface area contributed by atoms with E-state index >= 15 is 0 Å². The van der Waals surface area contributed by atoms with Gasteiger partial charge in [-0.2, -0.15) is 0 Å². The van der Waals surface area contributed by atoms with E-state index in [-0.39, 0.29) is 29.9 Å². The molecule has 0 spiro atoms. The summed E-state index contributed by atoms with van der Waals surface area (Å²) in [4.78, 5) is 32.7. The molecule has 2 aliphatic heterocycles. The van der Waals surface area contributed by atoms with Crippen LogP contribution < -0.4 is 5.56 Å². The van der Waals surface area contributed by atoms with Gasteiger partial charge in [-0.1, -0.05) is 18.2 Å². The SMILES string of the molecule is COC(=O)[C@@H]1[C@@H](CO)[C@@H]2Cn3c(ccc(-c4ccc(F)cc4)c3=O)[C@H]1N2Cc1cccnc1. The number of rotatable bonds is 5. The summed E-state index contributed by atoms with van der Waals surface area (Å²) in [5.74, 6) is -1.76. The van der Waals surface area contributed by atoms with Crippen LogP contribution in [0.25, 0.3) is 11.1 Å². The smallest absolute Gasteiger partial charge is 0.311 e. The van der Waals surface area contributed by atoms with Crippen LogP contribution in [0.2, 0.25) is 0 Å². The van der Waals surface area contributed by atoms with Crippen molar-refractivity contribution in [1.29, 1.82) is 0 Å². The van der Waals surface area contributed by atoms with Crippen LogP contribution >= 0.6 is 0 Å². The molecule has 8 heteroatoms. The van der Waals surface area contributed by atoms with Crippen molar-refractivity contribution < 1.29 is 19.0 Å². The number of esters is 1. The molecule has 0 saturated carbocycles. The van der Waals surface area contributed by atoms with Crippen LogP contribution in [0, 0.1) is 17.7 Å². The van der Waals surface area contributed by atoms with Crippen LogP contribution in [0.15, 0.2) is 65.7 Å². The first-order valence-electron chi connectivity index (χ1n) is 10.9. The van der Waals surface area contributed by atoms with Gasteiger partial charge in [0.05, 0.1) is 19.1 Å². The summed E-state index contributed by atoms with van der Waals surface area (Å²) >= 11 is 0. The van der Waals surface area contributed by atoms with Gasteiger partial charge >= 0.3 is 5.97 Å². The van der Waals surface area contributed by atoms with Crippen molar-refractivity contribution in [2.75, 3.05) is 13.7 Å². The Balaban J connectivity index is 1.63. The summed E-state index contributed by atoms with van der Waals surface area (Å²) in [5.41, 5.74) is 2.59. The fraction of sp³-hybridized carbons (Fsp3) is 0.320. The minimum atomic E-state index is -0.605. The van der Waals surface area contributed by atoms with Gasteiger partial charge in [-0.25, -0.2) is 4.39 Å².